The molecule has 2 N–H and O–H groups in total. The van der Waals surface area contributed by atoms with Crippen molar-refractivity contribution in [3.05, 3.63) is 64.0 Å². The SMILES string of the molecule is COc1ccc(C(=O)NCc2nc3ccc([N+](=O)[O-])cc3[nH]2)cc1. The molecule has 8 nitrogen and oxygen atoms in total. The lowest BCUT2D eigenvalue weighted by atomic mass is 10.2. The first kappa shape index (κ1) is 15.5. The van der Waals surface area contributed by atoms with Gasteiger partial charge >= 0.3 is 0 Å². The Morgan fingerprint density at radius 1 is 1.29 bits per heavy atom. The predicted octanol–water partition coefficient (Wildman–Crippen LogP) is 2.41. The van der Waals surface area contributed by atoms with E-state index in [2.05, 4.69) is 15.3 Å². The summed E-state index contributed by atoms with van der Waals surface area (Å²) in [4.78, 5) is 29.7. The van der Waals surface area contributed by atoms with E-state index >= 15 is 0 Å². The topological polar surface area (TPSA) is 110 Å². The molecule has 0 aliphatic rings. The molecule has 0 unspecified atom stereocenters. The van der Waals surface area contributed by atoms with Crippen LogP contribution in [0.15, 0.2) is 42.5 Å². The van der Waals surface area contributed by atoms with Gasteiger partial charge < -0.3 is 15.0 Å². The fraction of sp³-hybridized carbons (Fsp3) is 0.125. The minimum atomic E-state index is -0.467. The third-order valence-corrected chi connectivity index (χ3v) is 3.49. The van der Waals surface area contributed by atoms with Crippen LogP contribution < -0.4 is 10.1 Å². The average molecular weight is 326 g/mol. The van der Waals surface area contributed by atoms with Gasteiger partial charge in [-0.15, -0.1) is 0 Å². The molecule has 0 fully saturated rings. The lowest BCUT2D eigenvalue weighted by Gasteiger charge is -2.04. The molecule has 3 rings (SSSR count). The Morgan fingerprint density at radius 2 is 2.04 bits per heavy atom. The summed E-state index contributed by atoms with van der Waals surface area (Å²) in [5.74, 6) is 0.946. The number of rotatable bonds is 5. The van der Waals surface area contributed by atoms with Crippen molar-refractivity contribution in [2.45, 2.75) is 6.54 Å². The molecule has 3 aromatic rings. The Morgan fingerprint density at radius 3 is 2.71 bits per heavy atom. The van der Waals surface area contributed by atoms with Crippen molar-refractivity contribution >= 4 is 22.6 Å². The quantitative estimate of drug-likeness (QED) is 0.552. The molecule has 0 aliphatic heterocycles. The van der Waals surface area contributed by atoms with Crippen molar-refractivity contribution in [2.24, 2.45) is 0 Å². The second kappa shape index (κ2) is 6.37. The number of imidazole rings is 1. The van der Waals surface area contributed by atoms with Gasteiger partial charge in [-0.1, -0.05) is 0 Å². The van der Waals surface area contributed by atoms with Crippen molar-refractivity contribution in [1.82, 2.24) is 15.3 Å². The third kappa shape index (κ3) is 3.17. The van der Waals surface area contributed by atoms with Crippen LogP contribution in [-0.4, -0.2) is 27.9 Å². The number of hydrogen-bond donors (Lipinski definition) is 2. The molecule has 1 amide bonds. The van der Waals surface area contributed by atoms with Gasteiger partial charge in [0.15, 0.2) is 0 Å². The molecule has 0 saturated heterocycles. The Kier molecular flexibility index (Phi) is 4.11. The van der Waals surface area contributed by atoms with Crippen molar-refractivity contribution in [3.63, 3.8) is 0 Å². The zero-order chi connectivity index (χ0) is 17.1. The summed E-state index contributed by atoms with van der Waals surface area (Å²) in [6.07, 6.45) is 0. The normalized spacial score (nSPS) is 10.5. The number of hydrogen-bond acceptors (Lipinski definition) is 5. The third-order valence-electron chi connectivity index (χ3n) is 3.49. The maximum absolute atomic E-state index is 12.1. The van der Waals surface area contributed by atoms with Crippen LogP contribution in [0.2, 0.25) is 0 Å². The molecule has 1 heterocycles. The monoisotopic (exact) mass is 326 g/mol. The zero-order valence-corrected chi connectivity index (χ0v) is 12.8. The lowest BCUT2D eigenvalue weighted by molar-refractivity contribution is -0.384. The van der Waals surface area contributed by atoms with Crippen molar-refractivity contribution in [1.29, 1.82) is 0 Å². The van der Waals surface area contributed by atoms with Gasteiger partial charge in [0, 0.05) is 17.7 Å². The smallest absolute Gasteiger partial charge is 0.271 e. The van der Waals surface area contributed by atoms with E-state index in [0.717, 1.165) is 0 Å². The Labute approximate surface area is 136 Å². The van der Waals surface area contributed by atoms with E-state index in [-0.39, 0.29) is 18.1 Å². The Balaban J connectivity index is 1.70. The van der Waals surface area contributed by atoms with Gasteiger partial charge in [0.1, 0.15) is 11.6 Å². The fourth-order valence-electron chi connectivity index (χ4n) is 2.26. The summed E-state index contributed by atoms with van der Waals surface area (Å²) >= 11 is 0. The van der Waals surface area contributed by atoms with Crippen LogP contribution in [-0.2, 0) is 6.54 Å². The van der Waals surface area contributed by atoms with Gasteiger partial charge in [-0.2, -0.15) is 0 Å². The maximum Gasteiger partial charge on any atom is 0.271 e. The van der Waals surface area contributed by atoms with Crippen LogP contribution in [0, 0.1) is 10.1 Å². The van der Waals surface area contributed by atoms with Gasteiger partial charge in [0.2, 0.25) is 0 Å². The van der Waals surface area contributed by atoms with Crippen LogP contribution in [0.25, 0.3) is 11.0 Å². The molecule has 24 heavy (non-hydrogen) atoms. The number of benzene rings is 2. The van der Waals surface area contributed by atoms with Gasteiger partial charge in [-0.3, -0.25) is 14.9 Å². The summed E-state index contributed by atoms with van der Waals surface area (Å²) in [6, 6.07) is 11.1. The van der Waals surface area contributed by atoms with Gasteiger partial charge in [0.25, 0.3) is 11.6 Å². The van der Waals surface area contributed by atoms with E-state index in [0.29, 0.717) is 28.2 Å². The van der Waals surface area contributed by atoms with Gasteiger partial charge in [0.05, 0.1) is 29.6 Å². The predicted molar refractivity (Wildman–Crippen MR) is 86.9 cm³/mol. The molecule has 0 radical (unpaired) electrons. The fourth-order valence-corrected chi connectivity index (χ4v) is 2.26. The Hall–Kier alpha value is -3.42. The number of amides is 1. The molecule has 0 saturated carbocycles. The summed E-state index contributed by atoms with van der Waals surface area (Å²) in [5, 5.41) is 13.5. The number of fused-ring (bicyclic) bond motifs is 1. The van der Waals surface area contributed by atoms with E-state index in [1.807, 2.05) is 0 Å². The molecule has 0 atom stereocenters. The maximum atomic E-state index is 12.1. The highest BCUT2D eigenvalue weighted by molar-refractivity contribution is 5.94. The average Bonchev–Trinajstić information content (AvgIpc) is 3.01. The molecule has 1 aromatic heterocycles. The number of nitro benzene ring substituents is 1. The number of aromatic amines is 1. The van der Waals surface area contributed by atoms with Crippen LogP contribution in [0.1, 0.15) is 16.2 Å². The molecular formula is C16H14N4O4. The summed E-state index contributed by atoms with van der Waals surface area (Å²) in [7, 11) is 1.56. The van der Waals surface area contributed by atoms with Crippen molar-refractivity contribution < 1.29 is 14.5 Å². The standard InChI is InChI=1S/C16H14N4O4/c1-24-12-5-2-10(3-6-12)16(21)17-9-15-18-13-7-4-11(20(22)23)8-14(13)19-15/h2-8H,9H2,1H3,(H,17,21)(H,18,19). The first-order valence-corrected chi connectivity index (χ1v) is 7.12. The molecule has 122 valence electrons. The van der Waals surface area contributed by atoms with Gasteiger partial charge in [-0.05, 0) is 30.3 Å². The minimum Gasteiger partial charge on any atom is -0.497 e. The second-order valence-corrected chi connectivity index (χ2v) is 5.05. The molecule has 8 heteroatoms. The largest absolute Gasteiger partial charge is 0.497 e. The second-order valence-electron chi connectivity index (χ2n) is 5.05. The van der Waals surface area contributed by atoms with Crippen LogP contribution >= 0.6 is 0 Å². The number of carbonyl (C=O) groups excluding carboxylic acids is 1. The first-order valence-electron chi connectivity index (χ1n) is 7.12. The number of ether oxygens (including phenoxy) is 1. The first-order chi connectivity index (χ1) is 11.6. The van der Waals surface area contributed by atoms with E-state index in [9.17, 15) is 14.9 Å². The lowest BCUT2D eigenvalue weighted by Crippen LogP contribution is -2.23. The highest BCUT2D eigenvalue weighted by Crippen LogP contribution is 2.19. The van der Waals surface area contributed by atoms with Gasteiger partial charge in [-0.25, -0.2) is 4.98 Å². The number of H-pyrrole nitrogens is 1. The summed E-state index contributed by atoms with van der Waals surface area (Å²) < 4.78 is 5.04. The molecule has 0 spiro atoms. The molecular weight excluding hydrogens is 312 g/mol. The number of nitrogens with zero attached hydrogens (tertiary/aromatic N) is 2. The minimum absolute atomic E-state index is 0.0139. The summed E-state index contributed by atoms with van der Waals surface area (Å²) in [6.45, 7) is 0.188. The zero-order valence-electron chi connectivity index (χ0n) is 12.8. The number of nitrogens with one attached hydrogen (secondary N) is 2. The van der Waals surface area contributed by atoms with Crippen molar-refractivity contribution in [3.8, 4) is 5.75 Å². The highest BCUT2D eigenvalue weighted by atomic mass is 16.6. The molecule has 2 aromatic carbocycles. The van der Waals surface area contributed by atoms with E-state index in [1.54, 1.807) is 37.4 Å². The van der Waals surface area contributed by atoms with Crippen LogP contribution in [0.5, 0.6) is 5.75 Å². The molecule has 0 bridgehead atoms. The Bertz CT molecular complexity index is 902. The van der Waals surface area contributed by atoms with E-state index < -0.39 is 4.92 Å². The summed E-state index contributed by atoms with van der Waals surface area (Å²) in [5.41, 5.74) is 1.65. The number of nitro groups is 1. The van der Waals surface area contributed by atoms with Crippen molar-refractivity contribution in [2.75, 3.05) is 7.11 Å². The number of methoxy groups -OCH3 is 1. The number of non-ortho nitro benzene ring substituents is 1. The number of aromatic nitrogens is 2. The van der Waals surface area contributed by atoms with E-state index in [4.69, 9.17) is 4.74 Å². The van der Waals surface area contributed by atoms with Crippen LogP contribution in [0.4, 0.5) is 5.69 Å². The highest BCUT2D eigenvalue weighted by Gasteiger charge is 2.11. The van der Waals surface area contributed by atoms with Crippen LogP contribution in [0.3, 0.4) is 0 Å². The molecule has 0 aliphatic carbocycles. The van der Waals surface area contributed by atoms with E-state index in [1.165, 1.54) is 12.1 Å². The number of carbonyl (C=O) groups is 1.